The molecule has 1 aliphatic heterocycles. The number of aryl methyl sites for hydroxylation is 1. The van der Waals surface area contributed by atoms with E-state index in [-0.39, 0.29) is 28.7 Å². The van der Waals surface area contributed by atoms with E-state index in [0.717, 1.165) is 10.4 Å². The van der Waals surface area contributed by atoms with Crippen LogP contribution >= 0.6 is 0 Å². The Labute approximate surface area is 122 Å². The molecule has 1 saturated heterocycles. The van der Waals surface area contributed by atoms with Gasteiger partial charge in [0.1, 0.15) is 10.7 Å². The molecule has 21 heavy (non-hydrogen) atoms. The summed E-state index contributed by atoms with van der Waals surface area (Å²) in [6.07, 6.45) is 0. The molecule has 0 amide bonds. The molecule has 118 valence electrons. The lowest BCUT2D eigenvalue weighted by molar-refractivity contribution is 0.0661. The molecule has 0 spiro atoms. The summed E-state index contributed by atoms with van der Waals surface area (Å²) >= 11 is 0. The van der Waals surface area contributed by atoms with E-state index in [2.05, 4.69) is 0 Å². The lowest BCUT2D eigenvalue weighted by Crippen LogP contribution is -2.49. The molecule has 1 N–H and O–H groups in total. The van der Waals surface area contributed by atoms with Crippen molar-refractivity contribution in [3.63, 3.8) is 0 Å². The zero-order valence-corrected chi connectivity index (χ0v) is 13.1. The van der Waals surface area contributed by atoms with Crippen molar-refractivity contribution < 1.29 is 31.2 Å². The number of hydrogen-bond donors (Lipinski definition) is 1. The summed E-state index contributed by atoms with van der Waals surface area (Å²) < 4.78 is 54.1. The van der Waals surface area contributed by atoms with E-state index < -0.39 is 37.6 Å². The van der Waals surface area contributed by atoms with Gasteiger partial charge in [0.25, 0.3) is 0 Å². The summed E-state index contributed by atoms with van der Waals surface area (Å²) in [5.41, 5.74) is 0. The Bertz CT molecular complexity index is 775. The molecule has 1 aromatic rings. The Kier molecular flexibility index (Phi) is 3.89. The summed E-state index contributed by atoms with van der Waals surface area (Å²) in [5, 5.41) is 8.84. The van der Waals surface area contributed by atoms with Crippen LogP contribution < -0.4 is 0 Å². The van der Waals surface area contributed by atoms with Gasteiger partial charge in [-0.15, -0.1) is 0 Å². The first-order valence-corrected chi connectivity index (χ1v) is 9.37. The third-order valence-electron chi connectivity index (χ3n) is 3.28. The predicted molar refractivity (Wildman–Crippen MR) is 72.4 cm³/mol. The van der Waals surface area contributed by atoms with Crippen LogP contribution in [0.3, 0.4) is 0 Å². The Morgan fingerprint density at radius 3 is 2.57 bits per heavy atom. The molecule has 0 aliphatic carbocycles. The van der Waals surface area contributed by atoms with Crippen LogP contribution in [0.15, 0.2) is 15.4 Å². The Balaban J connectivity index is 2.41. The zero-order valence-electron chi connectivity index (χ0n) is 11.4. The highest BCUT2D eigenvalue weighted by molar-refractivity contribution is 7.92. The minimum Gasteiger partial charge on any atom is -0.475 e. The molecule has 2 rings (SSSR count). The van der Waals surface area contributed by atoms with Gasteiger partial charge in [-0.05, 0) is 13.8 Å². The molecule has 1 unspecified atom stereocenters. The minimum atomic E-state index is -3.99. The standard InChI is InChI=1S/C11H15NO7S2/c1-7-6-20(15,16)4-3-12(7)21(17,18)10-5-9(11(13)14)19-8(10)2/h5,7H,3-4,6H2,1-2H3,(H,13,14). The van der Waals surface area contributed by atoms with Gasteiger partial charge in [-0.25, -0.2) is 21.6 Å². The van der Waals surface area contributed by atoms with Gasteiger partial charge in [-0.3, -0.25) is 0 Å². The van der Waals surface area contributed by atoms with Crippen molar-refractivity contribution in [1.29, 1.82) is 0 Å². The van der Waals surface area contributed by atoms with E-state index in [0.29, 0.717) is 0 Å². The summed E-state index contributed by atoms with van der Waals surface area (Å²) in [5.74, 6) is -2.38. The maximum absolute atomic E-state index is 12.5. The van der Waals surface area contributed by atoms with Gasteiger partial charge >= 0.3 is 5.97 Å². The maximum atomic E-state index is 12.5. The van der Waals surface area contributed by atoms with Crippen molar-refractivity contribution in [2.75, 3.05) is 18.1 Å². The van der Waals surface area contributed by atoms with E-state index >= 15 is 0 Å². The smallest absolute Gasteiger partial charge is 0.371 e. The maximum Gasteiger partial charge on any atom is 0.371 e. The second kappa shape index (κ2) is 5.11. The van der Waals surface area contributed by atoms with Gasteiger partial charge < -0.3 is 9.52 Å². The summed E-state index contributed by atoms with van der Waals surface area (Å²) in [7, 11) is -7.24. The molecule has 8 nitrogen and oxygen atoms in total. The van der Waals surface area contributed by atoms with Gasteiger partial charge in [0.15, 0.2) is 9.84 Å². The highest BCUT2D eigenvalue weighted by atomic mass is 32.2. The molecular weight excluding hydrogens is 322 g/mol. The lowest BCUT2D eigenvalue weighted by atomic mass is 10.4. The van der Waals surface area contributed by atoms with Crippen LogP contribution in [0, 0.1) is 6.92 Å². The van der Waals surface area contributed by atoms with Crippen LogP contribution in [0.25, 0.3) is 0 Å². The molecule has 1 atom stereocenters. The highest BCUT2D eigenvalue weighted by Crippen LogP contribution is 2.27. The number of sulfone groups is 1. The van der Waals surface area contributed by atoms with Gasteiger partial charge in [0.05, 0.1) is 11.5 Å². The van der Waals surface area contributed by atoms with Gasteiger partial charge in [0.2, 0.25) is 15.8 Å². The number of nitrogens with zero attached hydrogens (tertiary/aromatic N) is 1. The van der Waals surface area contributed by atoms with Crippen LogP contribution in [0.1, 0.15) is 23.2 Å². The summed E-state index contributed by atoms with van der Waals surface area (Å²) in [6, 6.07) is 0.236. The second-order valence-corrected chi connectivity index (χ2v) is 9.00. The van der Waals surface area contributed by atoms with Crippen LogP contribution in [0.4, 0.5) is 0 Å². The fraction of sp³-hybridized carbons (Fsp3) is 0.545. The van der Waals surface area contributed by atoms with Crippen molar-refractivity contribution in [3.8, 4) is 0 Å². The average molecular weight is 337 g/mol. The Morgan fingerprint density at radius 1 is 1.48 bits per heavy atom. The monoisotopic (exact) mass is 337 g/mol. The topological polar surface area (TPSA) is 122 Å². The van der Waals surface area contributed by atoms with E-state index in [9.17, 15) is 21.6 Å². The molecule has 1 aliphatic rings. The lowest BCUT2D eigenvalue weighted by Gasteiger charge is -2.31. The Hall–Kier alpha value is -1.39. The highest BCUT2D eigenvalue weighted by Gasteiger charge is 2.38. The molecular formula is C11H15NO7S2. The fourth-order valence-corrected chi connectivity index (χ4v) is 5.85. The zero-order chi connectivity index (χ0) is 16.0. The third kappa shape index (κ3) is 2.97. The van der Waals surface area contributed by atoms with Crippen LogP contribution in [0.5, 0.6) is 0 Å². The van der Waals surface area contributed by atoms with Gasteiger partial charge in [-0.1, -0.05) is 0 Å². The SMILES string of the molecule is Cc1oc(C(=O)O)cc1S(=O)(=O)N1CCS(=O)(=O)CC1C. The molecule has 0 saturated carbocycles. The number of aromatic carboxylic acids is 1. The summed E-state index contributed by atoms with van der Waals surface area (Å²) in [4.78, 5) is 10.6. The molecule has 1 aromatic heterocycles. The number of rotatable bonds is 3. The number of hydrogen-bond acceptors (Lipinski definition) is 6. The minimum absolute atomic E-state index is 0.0342. The van der Waals surface area contributed by atoms with Crippen LogP contribution in [0.2, 0.25) is 0 Å². The molecule has 0 bridgehead atoms. The number of sulfonamides is 1. The molecule has 1 fully saturated rings. The number of carboxylic acids is 1. The molecule has 10 heteroatoms. The third-order valence-corrected chi connectivity index (χ3v) is 7.19. The van der Waals surface area contributed by atoms with Crippen molar-refractivity contribution in [1.82, 2.24) is 4.31 Å². The van der Waals surface area contributed by atoms with Gasteiger partial charge in [-0.2, -0.15) is 4.31 Å². The van der Waals surface area contributed by atoms with Crippen LogP contribution in [-0.2, 0) is 19.9 Å². The predicted octanol–water partition coefficient (Wildman–Crippen LogP) is 0.0938. The fourth-order valence-electron chi connectivity index (χ4n) is 2.29. The van der Waals surface area contributed by atoms with E-state index in [1.54, 1.807) is 0 Å². The van der Waals surface area contributed by atoms with Gasteiger partial charge in [0, 0.05) is 18.7 Å². The summed E-state index contributed by atoms with van der Waals surface area (Å²) in [6.45, 7) is 2.70. The van der Waals surface area contributed by atoms with Crippen molar-refractivity contribution in [2.45, 2.75) is 24.8 Å². The average Bonchev–Trinajstić information content (AvgIpc) is 2.70. The van der Waals surface area contributed by atoms with Crippen molar-refractivity contribution >= 4 is 25.8 Å². The van der Waals surface area contributed by atoms with E-state index in [4.69, 9.17) is 9.52 Å². The van der Waals surface area contributed by atoms with E-state index in [1.165, 1.54) is 13.8 Å². The van der Waals surface area contributed by atoms with Crippen molar-refractivity contribution in [3.05, 3.63) is 17.6 Å². The quantitative estimate of drug-likeness (QED) is 0.829. The number of carboxylic acid groups (broad SMARTS) is 1. The number of furan rings is 1. The van der Waals surface area contributed by atoms with Crippen LogP contribution in [-0.4, -0.2) is 56.3 Å². The largest absolute Gasteiger partial charge is 0.475 e. The molecule has 2 heterocycles. The van der Waals surface area contributed by atoms with Crippen molar-refractivity contribution in [2.24, 2.45) is 0 Å². The molecule has 0 aromatic carbocycles. The van der Waals surface area contributed by atoms with E-state index in [1.807, 2.05) is 0 Å². The first-order valence-electron chi connectivity index (χ1n) is 6.10. The molecule has 0 radical (unpaired) electrons. The first kappa shape index (κ1) is 16.0. The Morgan fingerprint density at radius 2 is 2.10 bits per heavy atom. The second-order valence-electron chi connectivity index (χ2n) is 4.92. The normalized spacial score (nSPS) is 23.0. The first-order chi connectivity index (χ1) is 9.54. The number of carbonyl (C=O) groups is 1.